The van der Waals surface area contributed by atoms with E-state index in [9.17, 15) is 0 Å². The van der Waals surface area contributed by atoms with Gasteiger partial charge in [-0.3, -0.25) is 0 Å². The Morgan fingerprint density at radius 1 is 1.28 bits per heavy atom. The molecule has 6 heteroatoms. The lowest BCUT2D eigenvalue weighted by molar-refractivity contribution is 0.192. The summed E-state index contributed by atoms with van der Waals surface area (Å²) < 4.78 is 15.7. The van der Waals surface area contributed by atoms with Gasteiger partial charge < -0.3 is 13.8 Å². The lowest BCUT2D eigenvalue weighted by atomic mass is 10.1. The van der Waals surface area contributed by atoms with Crippen molar-refractivity contribution < 1.29 is 13.8 Å². The Bertz CT molecular complexity index is 526. The smallest absolute Gasteiger partial charge is 0.280 e. The van der Waals surface area contributed by atoms with Crippen LogP contribution < -0.4 is 0 Å². The van der Waals surface area contributed by atoms with Gasteiger partial charge in [0.25, 0.3) is 5.89 Å². The minimum absolute atomic E-state index is 0.235. The van der Waals surface area contributed by atoms with Crippen LogP contribution in [0.2, 0.25) is 0 Å². The van der Waals surface area contributed by atoms with E-state index in [4.69, 9.17) is 13.8 Å². The molecule has 2 aromatic heterocycles. The van der Waals surface area contributed by atoms with Gasteiger partial charge in [0.2, 0.25) is 0 Å². The Morgan fingerprint density at radius 3 is 2.83 bits per heavy atom. The van der Waals surface area contributed by atoms with E-state index in [1.165, 1.54) is 0 Å². The van der Waals surface area contributed by atoms with E-state index in [1.807, 2.05) is 19.9 Å². The molecule has 1 saturated heterocycles. The van der Waals surface area contributed by atoms with Gasteiger partial charge in [-0.2, -0.15) is 4.98 Å². The number of hydrogen-bond acceptors (Lipinski definition) is 6. The highest BCUT2D eigenvalue weighted by Crippen LogP contribution is 2.26. The molecule has 0 saturated carbocycles. The molecule has 0 aromatic carbocycles. The predicted octanol–water partition coefficient (Wildman–Crippen LogP) is 2.35. The maximum Gasteiger partial charge on any atom is 0.280 e. The van der Waals surface area contributed by atoms with Crippen LogP contribution in [0.1, 0.15) is 43.7 Å². The number of ether oxygens (including phenoxy) is 1. The van der Waals surface area contributed by atoms with Crippen LogP contribution in [0, 0.1) is 0 Å². The number of rotatable bonds is 3. The molecule has 1 atom stereocenters. The van der Waals surface area contributed by atoms with E-state index >= 15 is 0 Å². The summed E-state index contributed by atoms with van der Waals surface area (Å²) in [6, 6.07) is 1.84. The second-order valence-corrected chi connectivity index (χ2v) is 4.79. The number of nitrogens with zero attached hydrogens (tertiary/aromatic N) is 3. The predicted molar refractivity (Wildman–Crippen MR) is 62.1 cm³/mol. The summed E-state index contributed by atoms with van der Waals surface area (Å²) in [5.74, 6) is 2.44. The molecule has 18 heavy (non-hydrogen) atoms. The van der Waals surface area contributed by atoms with E-state index in [-0.39, 0.29) is 11.8 Å². The third-order valence-electron chi connectivity index (χ3n) is 3.05. The summed E-state index contributed by atoms with van der Waals surface area (Å²) in [6.45, 7) is 5.50. The fourth-order valence-electron chi connectivity index (χ4n) is 1.91. The average Bonchev–Trinajstić information content (AvgIpc) is 3.10. The molecule has 96 valence electrons. The molecule has 0 bridgehead atoms. The first-order valence-corrected chi connectivity index (χ1v) is 6.12. The Kier molecular flexibility index (Phi) is 2.87. The SMILES string of the molecule is CC(C)c1cc(-c2nc([C@@H]3CCOC3)no2)no1. The van der Waals surface area contributed by atoms with Crippen LogP contribution in [0.25, 0.3) is 11.6 Å². The molecule has 0 unspecified atom stereocenters. The van der Waals surface area contributed by atoms with Gasteiger partial charge in [0.05, 0.1) is 6.61 Å². The van der Waals surface area contributed by atoms with Crippen LogP contribution >= 0.6 is 0 Å². The molecule has 0 aliphatic carbocycles. The van der Waals surface area contributed by atoms with Crippen LogP contribution in [-0.4, -0.2) is 28.5 Å². The van der Waals surface area contributed by atoms with Gasteiger partial charge in [-0.25, -0.2) is 0 Å². The quantitative estimate of drug-likeness (QED) is 0.831. The summed E-state index contributed by atoms with van der Waals surface area (Å²) in [5.41, 5.74) is 0.594. The van der Waals surface area contributed by atoms with E-state index in [0.29, 0.717) is 24.0 Å². The molecule has 0 radical (unpaired) electrons. The monoisotopic (exact) mass is 249 g/mol. The molecule has 2 aromatic rings. The summed E-state index contributed by atoms with van der Waals surface area (Å²) in [5, 5.41) is 7.93. The van der Waals surface area contributed by atoms with Crippen molar-refractivity contribution in [3.05, 3.63) is 17.7 Å². The molecular weight excluding hydrogens is 234 g/mol. The summed E-state index contributed by atoms with van der Waals surface area (Å²) in [6.07, 6.45) is 0.940. The average molecular weight is 249 g/mol. The zero-order valence-electron chi connectivity index (χ0n) is 10.4. The van der Waals surface area contributed by atoms with Gasteiger partial charge >= 0.3 is 0 Å². The van der Waals surface area contributed by atoms with Gasteiger partial charge in [-0.1, -0.05) is 24.2 Å². The zero-order chi connectivity index (χ0) is 12.5. The van der Waals surface area contributed by atoms with Gasteiger partial charge in [-0.15, -0.1) is 0 Å². The minimum Gasteiger partial charge on any atom is -0.381 e. The summed E-state index contributed by atoms with van der Waals surface area (Å²) in [7, 11) is 0. The second-order valence-electron chi connectivity index (χ2n) is 4.79. The van der Waals surface area contributed by atoms with E-state index in [0.717, 1.165) is 18.8 Å². The van der Waals surface area contributed by atoms with Crippen molar-refractivity contribution in [2.24, 2.45) is 0 Å². The Morgan fingerprint density at radius 2 is 2.17 bits per heavy atom. The Balaban J connectivity index is 1.83. The van der Waals surface area contributed by atoms with Gasteiger partial charge in [0, 0.05) is 24.5 Å². The van der Waals surface area contributed by atoms with Crippen molar-refractivity contribution >= 4 is 0 Å². The van der Waals surface area contributed by atoms with Crippen molar-refractivity contribution in [1.29, 1.82) is 0 Å². The first kappa shape index (κ1) is 11.4. The molecular formula is C12H15N3O3. The van der Waals surface area contributed by atoms with E-state index in [2.05, 4.69) is 15.3 Å². The van der Waals surface area contributed by atoms with Crippen molar-refractivity contribution in [1.82, 2.24) is 15.3 Å². The van der Waals surface area contributed by atoms with Crippen LogP contribution in [0.15, 0.2) is 15.1 Å². The van der Waals surface area contributed by atoms with E-state index < -0.39 is 0 Å². The highest BCUT2D eigenvalue weighted by atomic mass is 16.5. The third kappa shape index (κ3) is 2.03. The van der Waals surface area contributed by atoms with Crippen molar-refractivity contribution in [2.45, 2.75) is 32.1 Å². The van der Waals surface area contributed by atoms with Gasteiger partial charge in [0.1, 0.15) is 5.76 Å². The Hall–Kier alpha value is -1.69. The van der Waals surface area contributed by atoms with Crippen molar-refractivity contribution in [3.8, 4) is 11.6 Å². The molecule has 3 rings (SSSR count). The fraction of sp³-hybridized carbons (Fsp3) is 0.583. The van der Waals surface area contributed by atoms with Crippen LogP contribution in [-0.2, 0) is 4.74 Å². The summed E-state index contributed by atoms with van der Waals surface area (Å²) >= 11 is 0. The van der Waals surface area contributed by atoms with Crippen molar-refractivity contribution in [2.75, 3.05) is 13.2 Å². The Labute approximate surface area is 104 Å². The standard InChI is InChI=1S/C12H15N3O3/c1-7(2)10-5-9(14-17-10)12-13-11(15-18-12)8-3-4-16-6-8/h5,7-8H,3-4,6H2,1-2H3/t8-/m1/s1. The van der Waals surface area contributed by atoms with Gasteiger partial charge in [-0.05, 0) is 6.42 Å². The normalized spacial score (nSPS) is 19.8. The highest BCUT2D eigenvalue weighted by molar-refractivity contribution is 5.46. The number of aromatic nitrogens is 3. The molecule has 1 fully saturated rings. The molecule has 0 N–H and O–H groups in total. The zero-order valence-corrected chi connectivity index (χ0v) is 10.4. The molecule has 6 nitrogen and oxygen atoms in total. The minimum atomic E-state index is 0.235. The van der Waals surface area contributed by atoms with Crippen molar-refractivity contribution in [3.63, 3.8) is 0 Å². The third-order valence-corrected chi connectivity index (χ3v) is 3.05. The number of hydrogen-bond donors (Lipinski definition) is 0. The first-order chi connectivity index (χ1) is 8.74. The highest BCUT2D eigenvalue weighted by Gasteiger charge is 2.24. The van der Waals surface area contributed by atoms with Crippen LogP contribution in [0.4, 0.5) is 0 Å². The van der Waals surface area contributed by atoms with Crippen LogP contribution in [0.5, 0.6) is 0 Å². The fourth-order valence-corrected chi connectivity index (χ4v) is 1.91. The molecule has 1 aliphatic rings. The second kappa shape index (κ2) is 4.53. The van der Waals surface area contributed by atoms with E-state index in [1.54, 1.807) is 0 Å². The lowest BCUT2D eigenvalue weighted by Gasteiger charge is -1.97. The summed E-state index contributed by atoms with van der Waals surface area (Å²) in [4.78, 5) is 4.35. The maximum absolute atomic E-state index is 5.31. The first-order valence-electron chi connectivity index (χ1n) is 6.12. The lowest BCUT2D eigenvalue weighted by Crippen LogP contribution is -1.99. The van der Waals surface area contributed by atoms with Crippen LogP contribution in [0.3, 0.4) is 0 Å². The largest absolute Gasteiger partial charge is 0.381 e. The molecule has 0 amide bonds. The topological polar surface area (TPSA) is 74.2 Å². The molecule has 1 aliphatic heterocycles. The maximum atomic E-state index is 5.31. The molecule has 3 heterocycles. The molecule has 0 spiro atoms. The van der Waals surface area contributed by atoms with Gasteiger partial charge in [0.15, 0.2) is 11.5 Å².